The van der Waals surface area contributed by atoms with Gasteiger partial charge < -0.3 is 15.7 Å². The fourth-order valence-electron chi connectivity index (χ4n) is 2.04. The summed E-state index contributed by atoms with van der Waals surface area (Å²) in [4.78, 5) is 14.5. The van der Waals surface area contributed by atoms with Gasteiger partial charge in [0.1, 0.15) is 5.75 Å². The molecule has 3 N–H and O–H groups in total. The second kappa shape index (κ2) is 7.91. The first kappa shape index (κ1) is 17.3. The lowest BCUT2D eigenvalue weighted by Crippen LogP contribution is -2.34. The van der Waals surface area contributed by atoms with Crippen LogP contribution in [0, 0.1) is 11.8 Å². The molecule has 118 valence electrons. The zero-order valence-electron chi connectivity index (χ0n) is 13.6. The molecule has 0 unspecified atom stereocenters. The molecule has 0 aliphatic rings. The SMILES string of the molecule is CC(C)CCN(CCC(C)C)C(=O)c1cc(O)ccc1N. The molecule has 1 aromatic rings. The lowest BCUT2D eigenvalue weighted by atomic mass is 10.1. The molecule has 1 rings (SSSR count). The average molecular weight is 292 g/mol. The van der Waals surface area contributed by atoms with Crippen molar-refractivity contribution in [3.05, 3.63) is 23.8 Å². The van der Waals surface area contributed by atoms with E-state index >= 15 is 0 Å². The van der Waals surface area contributed by atoms with E-state index in [-0.39, 0.29) is 11.7 Å². The molecule has 21 heavy (non-hydrogen) atoms. The second-order valence-corrected chi connectivity index (χ2v) is 6.43. The summed E-state index contributed by atoms with van der Waals surface area (Å²) in [6.45, 7) is 10.0. The largest absolute Gasteiger partial charge is 0.508 e. The van der Waals surface area contributed by atoms with Crippen molar-refractivity contribution < 1.29 is 9.90 Å². The zero-order chi connectivity index (χ0) is 16.0. The number of nitrogen functional groups attached to an aromatic ring is 1. The first-order chi connectivity index (χ1) is 9.81. The van der Waals surface area contributed by atoms with Crippen LogP contribution in [0.1, 0.15) is 50.9 Å². The minimum absolute atomic E-state index is 0.0696. The number of phenolic OH excluding ortho intramolecular Hbond substituents is 1. The number of nitrogens with two attached hydrogens (primary N) is 1. The van der Waals surface area contributed by atoms with Gasteiger partial charge in [-0.05, 0) is 42.9 Å². The Bertz CT molecular complexity index is 458. The Morgan fingerprint density at radius 2 is 1.67 bits per heavy atom. The molecule has 0 aliphatic heterocycles. The molecule has 0 aliphatic carbocycles. The van der Waals surface area contributed by atoms with E-state index in [1.165, 1.54) is 12.1 Å². The number of aromatic hydroxyl groups is 1. The van der Waals surface area contributed by atoms with Gasteiger partial charge in [-0.1, -0.05) is 27.7 Å². The van der Waals surface area contributed by atoms with Crippen LogP contribution in [-0.2, 0) is 0 Å². The maximum Gasteiger partial charge on any atom is 0.256 e. The summed E-state index contributed by atoms with van der Waals surface area (Å²) < 4.78 is 0. The fraction of sp³-hybridized carbons (Fsp3) is 0.588. The fourth-order valence-corrected chi connectivity index (χ4v) is 2.04. The van der Waals surface area contributed by atoms with E-state index < -0.39 is 0 Å². The quantitative estimate of drug-likeness (QED) is 0.597. The lowest BCUT2D eigenvalue weighted by Gasteiger charge is -2.25. The Balaban J connectivity index is 2.89. The van der Waals surface area contributed by atoms with Crippen molar-refractivity contribution in [2.45, 2.75) is 40.5 Å². The van der Waals surface area contributed by atoms with E-state index in [2.05, 4.69) is 27.7 Å². The van der Waals surface area contributed by atoms with Gasteiger partial charge in [0, 0.05) is 18.8 Å². The van der Waals surface area contributed by atoms with Gasteiger partial charge in [0.15, 0.2) is 0 Å². The highest BCUT2D eigenvalue weighted by molar-refractivity contribution is 5.99. The van der Waals surface area contributed by atoms with Crippen molar-refractivity contribution in [2.75, 3.05) is 18.8 Å². The van der Waals surface area contributed by atoms with Crippen LogP contribution in [0.2, 0.25) is 0 Å². The van der Waals surface area contributed by atoms with Gasteiger partial charge in [-0.3, -0.25) is 4.79 Å². The molecule has 0 aromatic heterocycles. The van der Waals surface area contributed by atoms with E-state index in [1.807, 2.05) is 4.90 Å². The standard InChI is InChI=1S/C17H28N2O2/c1-12(2)7-9-19(10-8-13(3)4)17(21)15-11-14(20)5-6-16(15)18/h5-6,11-13,20H,7-10,18H2,1-4H3. The minimum atomic E-state index is -0.0929. The number of anilines is 1. The Kier molecular flexibility index (Phi) is 6.53. The van der Waals surface area contributed by atoms with E-state index in [0.29, 0.717) is 23.1 Å². The number of phenols is 1. The van der Waals surface area contributed by atoms with Crippen LogP contribution in [0.3, 0.4) is 0 Å². The number of rotatable bonds is 7. The monoisotopic (exact) mass is 292 g/mol. The predicted octanol–water partition coefficient (Wildman–Crippen LogP) is 3.51. The first-order valence-corrected chi connectivity index (χ1v) is 7.69. The highest BCUT2D eigenvalue weighted by atomic mass is 16.3. The average Bonchev–Trinajstić information content (AvgIpc) is 2.40. The molecule has 4 heteroatoms. The van der Waals surface area contributed by atoms with Gasteiger partial charge in [0.25, 0.3) is 5.91 Å². The molecule has 0 fully saturated rings. The molecule has 0 atom stereocenters. The summed E-state index contributed by atoms with van der Waals surface area (Å²) in [6, 6.07) is 4.53. The second-order valence-electron chi connectivity index (χ2n) is 6.43. The van der Waals surface area contributed by atoms with Crippen molar-refractivity contribution in [1.82, 2.24) is 4.90 Å². The number of carbonyl (C=O) groups is 1. The molecule has 0 saturated heterocycles. The third-order valence-electron chi connectivity index (χ3n) is 3.51. The van der Waals surface area contributed by atoms with Crippen molar-refractivity contribution in [3.63, 3.8) is 0 Å². The van der Waals surface area contributed by atoms with E-state index in [4.69, 9.17) is 5.73 Å². The summed E-state index contributed by atoms with van der Waals surface area (Å²) >= 11 is 0. The predicted molar refractivity (Wildman–Crippen MR) is 87.3 cm³/mol. The third kappa shape index (κ3) is 5.66. The van der Waals surface area contributed by atoms with Crippen molar-refractivity contribution >= 4 is 11.6 Å². The third-order valence-corrected chi connectivity index (χ3v) is 3.51. The summed E-state index contributed by atoms with van der Waals surface area (Å²) in [5.41, 5.74) is 6.69. The molecular weight excluding hydrogens is 264 g/mol. The van der Waals surface area contributed by atoms with Crippen molar-refractivity contribution in [1.29, 1.82) is 0 Å². The number of nitrogens with zero attached hydrogens (tertiary/aromatic N) is 1. The van der Waals surface area contributed by atoms with Crippen LogP contribution in [0.15, 0.2) is 18.2 Å². The Morgan fingerprint density at radius 1 is 1.14 bits per heavy atom. The molecule has 1 aromatic carbocycles. The maximum absolute atomic E-state index is 12.7. The van der Waals surface area contributed by atoms with E-state index in [1.54, 1.807) is 6.07 Å². The van der Waals surface area contributed by atoms with Crippen LogP contribution in [0.5, 0.6) is 5.75 Å². The summed E-state index contributed by atoms with van der Waals surface area (Å²) in [5, 5.41) is 9.58. The van der Waals surface area contributed by atoms with Crippen LogP contribution >= 0.6 is 0 Å². The van der Waals surface area contributed by atoms with Crippen LogP contribution in [-0.4, -0.2) is 29.0 Å². The van der Waals surface area contributed by atoms with E-state index in [9.17, 15) is 9.90 Å². The summed E-state index contributed by atoms with van der Waals surface area (Å²) in [5.74, 6) is 1.06. The minimum Gasteiger partial charge on any atom is -0.508 e. The topological polar surface area (TPSA) is 66.6 Å². The Labute approximate surface area is 128 Å². The van der Waals surface area contributed by atoms with Gasteiger partial charge in [-0.2, -0.15) is 0 Å². The molecule has 0 saturated carbocycles. The van der Waals surface area contributed by atoms with Crippen LogP contribution in [0.4, 0.5) is 5.69 Å². The molecular formula is C17H28N2O2. The van der Waals surface area contributed by atoms with Crippen molar-refractivity contribution in [3.8, 4) is 5.75 Å². The molecule has 0 radical (unpaired) electrons. The molecule has 4 nitrogen and oxygen atoms in total. The summed E-state index contributed by atoms with van der Waals surface area (Å²) in [7, 11) is 0. The number of amides is 1. The number of hydrogen-bond donors (Lipinski definition) is 2. The smallest absolute Gasteiger partial charge is 0.256 e. The van der Waals surface area contributed by atoms with Gasteiger partial charge in [-0.15, -0.1) is 0 Å². The highest BCUT2D eigenvalue weighted by Gasteiger charge is 2.19. The molecule has 0 heterocycles. The summed E-state index contributed by atoms with van der Waals surface area (Å²) in [6.07, 6.45) is 1.92. The van der Waals surface area contributed by atoms with Crippen LogP contribution < -0.4 is 5.73 Å². The maximum atomic E-state index is 12.7. The number of hydrogen-bond acceptors (Lipinski definition) is 3. The highest BCUT2D eigenvalue weighted by Crippen LogP contribution is 2.21. The Morgan fingerprint density at radius 3 is 2.14 bits per heavy atom. The molecule has 1 amide bonds. The van der Waals surface area contributed by atoms with Crippen LogP contribution in [0.25, 0.3) is 0 Å². The van der Waals surface area contributed by atoms with Gasteiger partial charge in [0.05, 0.1) is 5.56 Å². The van der Waals surface area contributed by atoms with E-state index in [0.717, 1.165) is 25.9 Å². The normalized spacial score (nSPS) is 11.1. The molecule has 0 bridgehead atoms. The Hall–Kier alpha value is -1.71. The van der Waals surface area contributed by atoms with Gasteiger partial charge >= 0.3 is 0 Å². The van der Waals surface area contributed by atoms with Gasteiger partial charge in [-0.25, -0.2) is 0 Å². The zero-order valence-corrected chi connectivity index (χ0v) is 13.6. The molecule has 0 spiro atoms. The number of benzene rings is 1. The van der Waals surface area contributed by atoms with Gasteiger partial charge in [0.2, 0.25) is 0 Å². The first-order valence-electron chi connectivity index (χ1n) is 7.69. The van der Waals surface area contributed by atoms with Crippen molar-refractivity contribution in [2.24, 2.45) is 11.8 Å². The number of carbonyl (C=O) groups excluding carboxylic acids is 1. The lowest BCUT2D eigenvalue weighted by molar-refractivity contribution is 0.0741.